The van der Waals surface area contributed by atoms with Crippen LogP contribution in [0.2, 0.25) is 0 Å². The highest BCUT2D eigenvalue weighted by molar-refractivity contribution is 5.73. The average molecular weight is 353 g/mol. The van der Waals surface area contributed by atoms with Crippen molar-refractivity contribution >= 4 is 5.97 Å². The van der Waals surface area contributed by atoms with E-state index in [9.17, 15) is 18.3 Å². The monoisotopic (exact) mass is 353 g/mol. The van der Waals surface area contributed by atoms with Gasteiger partial charge in [-0.15, -0.1) is 10.2 Å². The van der Waals surface area contributed by atoms with Gasteiger partial charge in [-0.3, -0.25) is 4.98 Å². The Hall–Kier alpha value is -3.43. The van der Waals surface area contributed by atoms with Gasteiger partial charge in [-0.05, 0) is 36.4 Å². The molecule has 0 radical (unpaired) electrons. The van der Waals surface area contributed by atoms with Gasteiger partial charge in [-0.1, -0.05) is 0 Å². The zero-order valence-electron chi connectivity index (χ0n) is 12.3. The summed E-state index contributed by atoms with van der Waals surface area (Å²) >= 11 is 0. The Balaban J connectivity index is 0.000000277. The number of benzene rings is 1. The highest BCUT2D eigenvalue weighted by Crippen LogP contribution is 2.24. The van der Waals surface area contributed by atoms with Crippen molar-refractivity contribution in [3.05, 3.63) is 48.8 Å². The largest absolute Gasteiger partial charge is 0.508 e. The first-order valence-corrected chi connectivity index (χ1v) is 6.61. The Labute approximate surface area is 138 Å². The van der Waals surface area contributed by atoms with Gasteiger partial charge in [0, 0.05) is 18.0 Å². The van der Waals surface area contributed by atoms with E-state index < -0.39 is 12.1 Å². The van der Waals surface area contributed by atoms with Crippen molar-refractivity contribution in [2.45, 2.75) is 6.18 Å². The molecule has 0 aliphatic rings. The molecule has 130 valence electrons. The predicted molar refractivity (Wildman–Crippen MR) is 78.3 cm³/mol. The van der Waals surface area contributed by atoms with Crippen LogP contribution in [0.1, 0.15) is 0 Å². The molecule has 0 unspecified atom stereocenters. The van der Waals surface area contributed by atoms with Gasteiger partial charge < -0.3 is 14.6 Å². The lowest BCUT2D eigenvalue weighted by Gasteiger charge is -1.95. The number of carboxylic acid groups (broad SMARTS) is 1. The molecule has 0 saturated heterocycles. The zero-order chi connectivity index (χ0) is 18.4. The SMILES string of the molecule is O=C(O)C(F)(F)F.Oc1ccc(-c2nnc(-c3cccnc3)o2)cc1. The number of carboxylic acids is 1. The number of pyridine rings is 1. The van der Waals surface area contributed by atoms with E-state index in [2.05, 4.69) is 15.2 Å². The van der Waals surface area contributed by atoms with E-state index in [0.717, 1.165) is 11.1 Å². The molecule has 10 heteroatoms. The van der Waals surface area contributed by atoms with E-state index in [1.54, 1.807) is 42.7 Å². The lowest BCUT2D eigenvalue weighted by atomic mass is 10.2. The van der Waals surface area contributed by atoms with Crippen molar-refractivity contribution in [3.63, 3.8) is 0 Å². The van der Waals surface area contributed by atoms with Crippen LogP contribution in [0.3, 0.4) is 0 Å². The van der Waals surface area contributed by atoms with Crippen LogP contribution < -0.4 is 0 Å². The second-order valence-corrected chi connectivity index (χ2v) is 4.50. The average Bonchev–Trinajstić information content (AvgIpc) is 3.06. The maximum Gasteiger partial charge on any atom is 0.490 e. The number of hydrogen-bond donors (Lipinski definition) is 2. The second kappa shape index (κ2) is 7.43. The van der Waals surface area contributed by atoms with E-state index >= 15 is 0 Å². The highest BCUT2D eigenvalue weighted by Gasteiger charge is 2.38. The van der Waals surface area contributed by atoms with Crippen molar-refractivity contribution in [2.75, 3.05) is 0 Å². The number of carbonyl (C=O) groups is 1. The fourth-order valence-electron chi connectivity index (χ4n) is 1.55. The third kappa shape index (κ3) is 5.03. The van der Waals surface area contributed by atoms with Crippen molar-refractivity contribution in [3.8, 4) is 28.7 Å². The lowest BCUT2D eigenvalue weighted by Crippen LogP contribution is -2.21. The summed E-state index contributed by atoms with van der Waals surface area (Å²) in [7, 11) is 0. The molecule has 0 spiro atoms. The molecular formula is C15H10F3N3O4. The third-order valence-corrected chi connectivity index (χ3v) is 2.69. The standard InChI is InChI=1S/C13H9N3O2.C2HF3O2/c17-11-5-3-9(4-6-11)12-15-16-13(18-12)10-2-1-7-14-8-10;3-2(4,5)1(6)7/h1-8,17H;(H,6,7). The first kappa shape index (κ1) is 17.9. The van der Waals surface area contributed by atoms with Gasteiger partial charge in [0.15, 0.2) is 0 Å². The normalized spacial score (nSPS) is 10.7. The number of alkyl halides is 3. The Kier molecular flexibility index (Phi) is 5.32. The first-order chi connectivity index (χ1) is 11.8. The molecule has 0 fully saturated rings. The molecular weight excluding hydrogens is 343 g/mol. The Morgan fingerprint density at radius 2 is 1.56 bits per heavy atom. The Morgan fingerprint density at radius 1 is 1.00 bits per heavy atom. The van der Waals surface area contributed by atoms with Gasteiger partial charge in [0.05, 0.1) is 5.56 Å². The maximum absolute atomic E-state index is 10.6. The van der Waals surface area contributed by atoms with Gasteiger partial charge in [0.2, 0.25) is 11.8 Å². The van der Waals surface area contributed by atoms with Gasteiger partial charge in [0.25, 0.3) is 0 Å². The van der Waals surface area contributed by atoms with Crippen LogP contribution in [0, 0.1) is 0 Å². The van der Waals surface area contributed by atoms with Gasteiger partial charge in [-0.2, -0.15) is 13.2 Å². The van der Waals surface area contributed by atoms with Crippen LogP contribution in [0.4, 0.5) is 13.2 Å². The Bertz CT molecular complexity index is 833. The summed E-state index contributed by atoms with van der Waals surface area (Å²) in [4.78, 5) is 12.9. The van der Waals surface area contributed by atoms with Gasteiger partial charge in [0.1, 0.15) is 5.75 Å². The summed E-state index contributed by atoms with van der Waals surface area (Å²) in [5.74, 6) is -1.72. The van der Waals surface area contributed by atoms with E-state index in [-0.39, 0.29) is 5.75 Å². The fraction of sp³-hybridized carbons (Fsp3) is 0.0667. The maximum atomic E-state index is 10.6. The van der Waals surface area contributed by atoms with Crippen molar-refractivity contribution in [1.82, 2.24) is 15.2 Å². The fourth-order valence-corrected chi connectivity index (χ4v) is 1.55. The summed E-state index contributed by atoms with van der Waals surface area (Å²) < 4.78 is 37.3. The molecule has 0 amide bonds. The number of phenols is 1. The lowest BCUT2D eigenvalue weighted by molar-refractivity contribution is -0.192. The van der Waals surface area contributed by atoms with Crippen molar-refractivity contribution < 1.29 is 32.6 Å². The number of nitrogens with zero attached hydrogens (tertiary/aromatic N) is 3. The second-order valence-electron chi connectivity index (χ2n) is 4.50. The van der Waals surface area contributed by atoms with Gasteiger partial charge >= 0.3 is 12.1 Å². The molecule has 3 aromatic rings. The van der Waals surface area contributed by atoms with Crippen molar-refractivity contribution in [2.24, 2.45) is 0 Å². The molecule has 2 heterocycles. The molecule has 3 rings (SSSR count). The number of aromatic nitrogens is 3. The molecule has 0 aliphatic carbocycles. The zero-order valence-corrected chi connectivity index (χ0v) is 12.3. The minimum Gasteiger partial charge on any atom is -0.508 e. The van der Waals surface area contributed by atoms with Crippen molar-refractivity contribution in [1.29, 1.82) is 0 Å². The smallest absolute Gasteiger partial charge is 0.490 e. The van der Waals surface area contributed by atoms with Crippen LogP contribution in [0.5, 0.6) is 5.75 Å². The van der Waals surface area contributed by atoms with Crippen LogP contribution in [0.25, 0.3) is 22.9 Å². The molecule has 0 aliphatic heterocycles. The highest BCUT2D eigenvalue weighted by atomic mass is 19.4. The minimum atomic E-state index is -5.08. The summed E-state index contributed by atoms with van der Waals surface area (Å²) in [6.45, 7) is 0. The van der Waals surface area contributed by atoms with E-state index in [0.29, 0.717) is 11.8 Å². The molecule has 1 aromatic carbocycles. The van der Waals surface area contributed by atoms with E-state index in [1.807, 2.05) is 6.07 Å². The van der Waals surface area contributed by atoms with Crippen LogP contribution in [0.15, 0.2) is 53.2 Å². The topological polar surface area (TPSA) is 109 Å². The summed E-state index contributed by atoms with van der Waals surface area (Å²) in [5, 5.41) is 24.3. The molecule has 0 saturated carbocycles. The molecule has 25 heavy (non-hydrogen) atoms. The van der Waals surface area contributed by atoms with Crippen LogP contribution in [-0.4, -0.2) is 37.5 Å². The molecule has 0 bridgehead atoms. The summed E-state index contributed by atoms with van der Waals surface area (Å²) in [5.41, 5.74) is 1.53. The number of phenolic OH excluding ortho intramolecular Hbond substituents is 1. The summed E-state index contributed by atoms with van der Waals surface area (Å²) in [6, 6.07) is 10.2. The van der Waals surface area contributed by atoms with Gasteiger partial charge in [-0.25, -0.2) is 4.79 Å². The molecule has 7 nitrogen and oxygen atoms in total. The van der Waals surface area contributed by atoms with E-state index in [1.165, 1.54) is 0 Å². The predicted octanol–water partition coefficient (Wildman–Crippen LogP) is 3.14. The molecule has 2 N–H and O–H groups in total. The number of aromatic hydroxyl groups is 1. The quantitative estimate of drug-likeness (QED) is 0.728. The molecule has 0 atom stereocenters. The summed E-state index contributed by atoms with van der Waals surface area (Å²) in [6.07, 6.45) is -1.74. The minimum absolute atomic E-state index is 0.200. The number of rotatable bonds is 2. The van der Waals surface area contributed by atoms with Crippen LogP contribution >= 0.6 is 0 Å². The molecule has 2 aromatic heterocycles. The number of halogens is 3. The first-order valence-electron chi connectivity index (χ1n) is 6.61. The van der Waals surface area contributed by atoms with Crippen LogP contribution in [-0.2, 0) is 4.79 Å². The Morgan fingerprint density at radius 3 is 2.04 bits per heavy atom. The van der Waals surface area contributed by atoms with E-state index in [4.69, 9.17) is 14.3 Å². The number of hydrogen-bond acceptors (Lipinski definition) is 6. The number of aliphatic carboxylic acids is 1. The third-order valence-electron chi connectivity index (χ3n) is 2.69.